The Morgan fingerprint density at radius 3 is 2.24 bits per heavy atom. The minimum atomic E-state index is -3.62. The van der Waals surface area contributed by atoms with Gasteiger partial charge in [0.25, 0.3) is 0 Å². The van der Waals surface area contributed by atoms with Gasteiger partial charge in [0.2, 0.25) is 21.8 Å². The summed E-state index contributed by atoms with van der Waals surface area (Å²) in [6.45, 7) is 2.32. The molecular formula is C24H33N3O5S. The largest absolute Gasteiger partial charge is 0.497 e. The molecule has 0 heterocycles. The zero-order valence-corrected chi connectivity index (χ0v) is 20.5. The van der Waals surface area contributed by atoms with E-state index in [2.05, 4.69) is 5.32 Å². The van der Waals surface area contributed by atoms with Gasteiger partial charge in [-0.25, -0.2) is 12.7 Å². The van der Waals surface area contributed by atoms with Gasteiger partial charge in [-0.1, -0.05) is 37.3 Å². The number of likely N-dealkylation sites (N-methyl/N-ethyl adjacent to an activating group) is 1. The molecule has 0 radical (unpaired) electrons. The number of ether oxygens (including phenoxy) is 1. The van der Waals surface area contributed by atoms with E-state index in [0.29, 0.717) is 18.6 Å². The normalized spacial score (nSPS) is 12.3. The van der Waals surface area contributed by atoms with E-state index in [1.54, 1.807) is 49.4 Å². The molecule has 8 nitrogen and oxygen atoms in total. The van der Waals surface area contributed by atoms with Crippen molar-refractivity contribution in [2.24, 2.45) is 0 Å². The summed E-state index contributed by atoms with van der Waals surface area (Å²) in [6.07, 6.45) is 0.923. The summed E-state index contributed by atoms with van der Waals surface area (Å²) in [7, 11) is 1.01. The predicted molar refractivity (Wildman–Crippen MR) is 127 cm³/mol. The van der Waals surface area contributed by atoms with Crippen LogP contribution in [0, 0.1) is 0 Å². The number of rotatable bonds is 12. The summed E-state index contributed by atoms with van der Waals surface area (Å²) in [5.41, 5.74) is 0.871. The van der Waals surface area contributed by atoms with Crippen LogP contribution in [0.3, 0.4) is 0 Å². The van der Waals surface area contributed by atoms with Crippen LogP contribution in [0.1, 0.15) is 31.7 Å². The first-order valence-corrected chi connectivity index (χ1v) is 12.3. The molecule has 33 heavy (non-hydrogen) atoms. The third-order valence-electron chi connectivity index (χ3n) is 5.46. The molecule has 2 aromatic rings. The van der Waals surface area contributed by atoms with Crippen molar-refractivity contribution in [3.05, 3.63) is 60.2 Å². The summed E-state index contributed by atoms with van der Waals surface area (Å²) in [5.74, 6) is 0.271. The van der Waals surface area contributed by atoms with E-state index in [-0.39, 0.29) is 36.2 Å². The molecule has 0 bridgehead atoms. The number of nitrogens with one attached hydrogen (secondary N) is 1. The summed E-state index contributed by atoms with van der Waals surface area (Å²) in [4.78, 5) is 27.4. The number of methoxy groups -OCH3 is 1. The van der Waals surface area contributed by atoms with Crippen molar-refractivity contribution in [3.8, 4) is 5.75 Å². The van der Waals surface area contributed by atoms with Crippen LogP contribution in [-0.2, 0) is 26.2 Å². The molecular weight excluding hydrogens is 442 g/mol. The first-order valence-electron chi connectivity index (χ1n) is 10.9. The highest BCUT2D eigenvalue weighted by molar-refractivity contribution is 7.89. The van der Waals surface area contributed by atoms with E-state index in [1.807, 2.05) is 31.2 Å². The van der Waals surface area contributed by atoms with E-state index >= 15 is 0 Å². The minimum Gasteiger partial charge on any atom is -0.497 e. The fourth-order valence-corrected chi connectivity index (χ4v) is 4.73. The van der Waals surface area contributed by atoms with Crippen molar-refractivity contribution in [1.29, 1.82) is 0 Å². The molecule has 9 heteroatoms. The first kappa shape index (κ1) is 26.3. The number of carbonyl (C=O) groups excluding carboxylic acids is 2. The lowest BCUT2D eigenvalue weighted by Crippen LogP contribution is -2.48. The zero-order chi connectivity index (χ0) is 24.4. The third kappa shape index (κ3) is 7.03. The number of carbonyl (C=O) groups is 2. The van der Waals surface area contributed by atoms with E-state index in [1.165, 1.54) is 11.4 Å². The van der Waals surface area contributed by atoms with Crippen LogP contribution in [0.4, 0.5) is 0 Å². The number of nitrogens with zero attached hydrogens (tertiary/aromatic N) is 2. The van der Waals surface area contributed by atoms with Gasteiger partial charge in [0.05, 0.1) is 12.0 Å². The Morgan fingerprint density at radius 1 is 1.06 bits per heavy atom. The second-order valence-electron chi connectivity index (χ2n) is 7.65. The summed E-state index contributed by atoms with van der Waals surface area (Å²) >= 11 is 0. The highest BCUT2D eigenvalue weighted by atomic mass is 32.2. The lowest BCUT2D eigenvalue weighted by Gasteiger charge is -2.30. The van der Waals surface area contributed by atoms with Crippen LogP contribution in [-0.4, -0.2) is 63.2 Å². The molecule has 180 valence electrons. The van der Waals surface area contributed by atoms with Crippen LogP contribution < -0.4 is 10.1 Å². The van der Waals surface area contributed by atoms with Gasteiger partial charge in [-0.15, -0.1) is 0 Å². The topological polar surface area (TPSA) is 96.0 Å². The molecule has 2 aromatic carbocycles. The van der Waals surface area contributed by atoms with Gasteiger partial charge in [0.1, 0.15) is 11.8 Å². The first-order chi connectivity index (χ1) is 15.7. The molecule has 0 aliphatic heterocycles. The average molecular weight is 476 g/mol. The standard InChI is InChI=1S/C24H33N3O5S/c1-5-22(24(29)25-2)27(18-19-13-15-20(32-4)16-14-19)23(28)12-9-17-26(3)33(30,31)21-10-7-6-8-11-21/h6-8,10-11,13-16,22H,5,9,12,17-18H2,1-4H3,(H,25,29). The predicted octanol–water partition coefficient (Wildman–Crippen LogP) is 2.65. The third-order valence-corrected chi connectivity index (χ3v) is 7.33. The number of hydrogen-bond acceptors (Lipinski definition) is 5. The van der Waals surface area contributed by atoms with Crippen molar-refractivity contribution in [2.45, 2.75) is 43.7 Å². The quantitative estimate of drug-likeness (QED) is 0.509. The Balaban J connectivity index is 2.09. The van der Waals surface area contributed by atoms with E-state index in [9.17, 15) is 18.0 Å². The lowest BCUT2D eigenvalue weighted by molar-refractivity contribution is -0.141. The van der Waals surface area contributed by atoms with Crippen LogP contribution >= 0.6 is 0 Å². The molecule has 0 saturated carbocycles. The SMILES string of the molecule is CCC(C(=O)NC)N(Cc1ccc(OC)cc1)C(=O)CCCN(C)S(=O)(=O)c1ccccc1. The van der Waals surface area contributed by atoms with Gasteiger partial charge in [-0.2, -0.15) is 0 Å². The van der Waals surface area contributed by atoms with Crippen molar-refractivity contribution in [3.63, 3.8) is 0 Å². The van der Waals surface area contributed by atoms with E-state index < -0.39 is 16.1 Å². The lowest BCUT2D eigenvalue weighted by atomic mass is 10.1. The van der Waals surface area contributed by atoms with Crippen molar-refractivity contribution >= 4 is 21.8 Å². The minimum absolute atomic E-state index is 0.123. The molecule has 2 amide bonds. The molecule has 1 atom stereocenters. The molecule has 0 fully saturated rings. The van der Waals surface area contributed by atoms with Gasteiger partial charge in [-0.05, 0) is 42.7 Å². The maximum Gasteiger partial charge on any atom is 0.242 e. The Kier molecular flexibility index (Phi) is 9.87. The van der Waals surface area contributed by atoms with Gasteiger partial charge in [-0.3, -0.25) is 9.59 Å². The second kappa shape index (κ2) is 12.4. The molecule has 0 spiro atoms. The number of sulfonamides is 1. The average Bonchev–Trinajstić information content (AvgIpc) is 2.84. The Morgan fingerprint density at radius 2 is 1.70 bits per heavy atom. The van der Waals surface area contributed by atoms with Crippen LogP contribution in [0.5, 0.6) is 5.75 Å². The van der Waals surface area contributed by atoms with E-state index in [4.69, 9.17) is 4.74 Å². The van der Waals surface area contributed by atoms with E-state index in [0.717, 1.165) is 5.56 Å². The summed E-state index contributed by atoms with van der Waals surface area (Å²) in [6, 6.07) is 14.9. The van der Waals surface area contributed by atoms with Gasteiger partial charge in [0, 0.05) is 33.6 Å². The fraction of sp³-hybridized carbons (Fsp3) is 0.417. The second-order valence-corrected chi connectivity index (χ2v) is 9.70. The fourth-order valence-electron chi connectivity index (χ4n) is 3.50. The molecule has 1 N–H and O–H groups in total. The van der Waals surface area contributed by atoms with Gasteiger partial charge < -0.3 is 15.0 Å². The summed E-state index contributed by atoms with van der Waals surface area (Å²) < 4.78 is 31.8. The van der Waals surface area contributed by atoms with Gasteiger partial charge >= 0.3 is 0 Å². The zero-order valence-electron chi connectivity index (χ0n) is 19.7. The molecule has 0 aliphatic carbocycles. The van der Waals surface area contributed by atoms with Crippen LogP contribution in [0.15, 0.2) is 59.5 Å². The van der Waals surface area contributed by atoms with Crippen molar-refractivity contribution in [1.82, 2.24) is 14.5 Å². The highest BCUT2D eigenvalue weighted by Crippen LogP contribution is 2.18. The highest BCUT2D eigenvalue weighted by Gasteiger charge is 2.28. The Bertz CT molecular complexity index is 1010. The Labute approximate surface area is 196 Å². The molecule has 0 aliphatic rings. The number of amides is 2. The maximum atomic E-state index is 13.1. The van der Waals surface area contributed by atoms with Crippen molar-refractivity contribution < 1.29 is 22.7 Å². The van der Waals surface area contributed by atoms with Gasteiger partial charge in [0.15, 0.2) is 0 Å². The smallest absolute Gasteiger partial charge is 0.242 e. The molecule has 2 rings (SSSR count). The molecule has 0 saturated heterocycles. The summed E-state index contributed by atoms with van der Waals surface area (Å²) in [5, 5.41) is 2.63. The number of hydrogen-bond donors (Lipinski definition) is 1. The molecule has 1 unspecified atom stereocenters. The van der Waals surface area contributed by atoms with Crippen LogP contribution in [0.2, 0.25) is 0 Å². The number of benzene rings is 2. The van der Waals surface area contributed by atoms with Crippen molar-refractivity contribution in [2.75, 3.05) is 27.7 Å². The molecule has 0 aromatic heterocycles. The monoisotopic (exact) mass is 475 g/mol. The van der Waals surface area contributed by atoms with Crippen LogP contribution in [0.25, 0.3) is 0 Å². The maximum absolute atomic E-state index is 13.1. The Hall–Kier alpha value is -2.91.